The van der Waals surface area contributed by atoms with E-state index in [0.717, 1.165) is 13.1 Å². The maximum atomic E-state index is 5.94. The van der Waals surface area contributed by atoms with Crippen molar-refractivity contribution < 1.29 is 4.52 Å². The minimum absolute atomic E-state index is 0.546. The van der Waals surface area contributed by atoms with E-state index in [4.69, 9.17) is 10.3 Å². The van der Waals surface area contributed by atoms with E-state index in [9.17, 15) is 0 Å². The van der Waals surface area contributed by atoms with E-state index in [0.29, 0.717) is 18.3 Å². The van der Waals surface area contributed by atoms with Gasteiger partial charge in [-0.3, -0.25) is 4.90 Å². The smallest absolute Gasteiger partial charge is 0.240 e. The standard InChI is InChI=1S/C13H25N5O/c1-13(2,14)12-15-11(19-16-12)10-17(3)8-9-18-6-4-5-7-18/h4-10,14H2,1-3H3. The van der Waals surface area contributed by atoms with E-state index in [1.54, 1.807) is 0 Å². The molecule has 6 nitrogen and oxygen atoms in total. The second kappa shape index (κ2) is 5.98. The average molecular weight is 267 g/mol. The summed E-state index contributed by atoms with van der Waals surface area (Å²) in [6.45, 7) is 9.03. The lowest BCUT2D eigenvalue weighted by atomic mass is 10.1. The molecular weight excluding hydrogens is 242 g/mol. The first kappa shape index (κ1) is 14.4. The quantitative estimate of drug-likeness (QED) is 0.821. The van der Waals surface area contributed by atoms with Gasteiger partial charge in [0.05, 0.1) is 12.1 Å². The van der Waals surface area contributed by atoms with Crippen LogP contribution in [0.5, 0.6) is 0 Å². The Morgan fingerprint density at radius 1 is 1.37 bits per heavy atom. The molecule has 2 N–H and O–H groups in total. The number of nitrogens with two attached hydrogens (primary N) is 1. The molecule has 1 saturated heterocycles. The number of hydrogen-bond donors (Lipinski definition) is 1. The molecule has 0 atom stereocenters. The summed E-state index contributed by atoms with van der Waals surface area (Å²) in [6, 6.07) is 0. The maximum absolute atomic E-state index is 5.94. The van der Waals surface area contributed by atoms with Gasteiger partial charge in [-0.25, -0.2) is 0 Å². The molecule has 1 aliphatic heterocycles. The molecule has 6 heteroatoms. The van der Waals surface area contributed by atoms with E-state index >= 15 is 0 Å². The Hall–Kier alpha value is -0.980. The van der Waals surface area contributed by atoms with Crippen LogP contribution in [0, 0.1) is 0 Å². The van der Waals surface area contributed by atoms with Crippen molar-refractivity contribution in [3.05, 3.63) is 11.7 Å². The Labute approximate surface area is 114 Å². The van der Waals surface area contributed by atoms with Gasteiger partial charge in [-0.2, -0.15) is 4.98 Å². The first-order valence-electron chi connectivity index (χ1n) is 6.98. The number of likely N-dealkylation sites (tertiary alicyclic amines) is 1. The van der Waals surface area contributed by atoms with Gasteiger partial charge in [0.15, 0.2) is 5.82 Å². The minimum Gasteiger partial charge on any atom is -0.338 e. The first-order valence-corrected chi connectivity index (χ1v) is 6.98. The lowest BCUT2D eigenvalue weighted by Crippen LogP contribution is -2.31. The molecule has 0 radical (unpaired) electrons. The second-order valence-corrected chi connectivity index (χ2v) is 6.02. The van der Waals surface area contributed by atoms with Crippen LogP contribution < -0.4 is 5.73 Å². The summed E-state index contributed by atoms with van der Waals surface area (Å²) in [5.74, 6) is 1.20. The van der Waals surface area contributed by atoms with Gasteiger partial charge in [0.25, 0.3) is 0 Å². The number of hydrogen-bond acceptors (Lipinski definition) is 6. The minimum atomic E-state index is -0.546. The number of aromatic nitrogens is 2. The summed E-state index contributed by atoms with van der Waals surface area (Å²) >= 11 is 0. The molecule has 0 bridgehead atoms. The summed E-state index contributed by atoms with van der Waals surface area (Å²) in [6.07, 6.45) is 2.67. The lowest BCUT2D eigenvalue weighted by molar-refractivity contribution is 0.227. The third kappa shape index (κ3) is 4.26. The maximum Gasteiger partial charge on any atom is 0.240 e. The van der Waals surface area contributed by atoms with Crippen molar-refractivity contribution in [2.45, 2.75) is 38.8 Å². The third-order valence-corrected chi connectivity index (χ3v) is 3.45. The van der Waals surface area contributed by atoms with E-state index in [2.05, 4.69) is 27.0 Å². The molecule has 1 fully saturated rings. The van der Waals surface area contributed by atoms with Crippen molar-refractivity contribution in [2.24, 2.45) is 5.73 Å². The fourth-order valence-corrected chi connectivity index (χ4v) is 2.21. The predicted molar refractivity (Wildman–Crippen MR) is 73.5 cm³/mol. The van der Waals surface area contributed by atoms with Gasteiger partial charge in [-0.05, 0) is 46.8 Å². The lowest BCUT2D eigenvalue weighted by Gasteiger charge is -2.19. The highest BCUT2D eigenvalue weighted by Gasteiger charge is 2.22. The summed E-state index contributed by atoms with van der Waals surface area (Å²) < 4.78 is 5.24. The number of nitrogens with zero attached hydrogens (tertiary/aromatic N) is 4. The SMILES string of the molecule is CN(CCN1CCCC1)Cc1nc(C(C)(C)N)no1. The van der Waals surface area contributed by atoms with Crippen LogP contribution in [0.2, 0.25) is 0 Å². The number of rotatable bonds is 6. The largest absolute Gasteiger partial charge is 0.338 e. The molecule has 108 valence electrons. The van der Waals surface area contributed by atoms with Crippen LogP contribution in [-0.4, -0.2) is 53.2 Å². The van der Waals surface area contributed by atoms with Crippen molar-refractivity contribution in [1.82, 2.24) is 19.9 Å². The van der Waals surface area contributed by atoms with Gasteiger partial charge in [0.1, 0.15) is 0 Å². The van der Waals surface area contributed by atoms with Gasteiger partial charge < -0.3 is 15.2 Å². The molecule has 0 aliphatic carbocycles. The molecule has 0 amide bonds. The van der Waals surface area contributed by atoms with Gasteiger partial charge in [0, 0.05) is 13.1 Å². The van der Waals surface area contributed by atoms with E-state index in [-0.39, 0.29) is 0 Å². The molecule has 1 aliphatic rings. The molecule has 0 unspecified atom stereocenters. The first-order chi connectivity index (χ1) is 8.95. The van der Waals surface area contributed by atoms with Crippen molar-refractivity contribution >= 4 is 0 Å². The van der Waals surface area contributed by atoms with Gasteiger partial charge in [0.2, 0.25) is 5.89 Å². The molecule has 2 heterocycles. The van der Waals surface area contributed by atoms with Crippen molar-refractivity contribution in [2.75, 3.05) is 33.2 Å². The Morgan fingerprint density at radius 2 is 2.05 bits per heavy atom. The molecule has 19 heavy (non-hydrogen) atoms. The summed E-state index contributed by atoms with van der Waals surface area (Å²) in [5, 5.41) is 3.93. The Morgan fingerprint density at radius 3 is 2.63 bits per heavy atom. The van der Waals surface area contributed by atoms with Gasteiger partial charge in [-0.15, -0.1) is 0 Å². The zero-order chi connectivity index (χ0) is 13.9. The molecule has 0 aromatic carbocycles. The van der Waals surface area contributed by atoms with Crippen molar-refractivity contribution in [3.63, 3.8) is 0 Å². The van der Waals surface area contributed by atoms with Crippen LogP contribution in [0.15, 0.2) is 4.52 Å². The zero-order valence-corrected chi connectivity index (χ0v) is 12.2. The molecule has 1 aromatic rings. The Balaban J connectivity index is 1.78. The molecule has 0 spiro atoms. The highest BCUT2D eigenvalue weighted by Crippen LogP contribution is 2.13. The average Bonchev–Trinajstić information content (AvgIpc) is 2.95. The van der Waals surface area contributed by atoms with Crippen molar-refractivity contribution in [3.8, 4) is 0 Å². The summed E-state index contributed by atoms with van der Waals surface area (Å²) in [7, 11) is 2.08. The molecule has 1 aromatic heterocycles. The molecular formula is C13H25N5O. The normalized spacial score (nSPS) is 17.5. The van der Waals surface area contributed by atoms with Crippen LogP contribution in [0.25, 0.3) is 0 Å². The highest BCUT2D eigenvalue weighted by atomic mass is 16.5. The second-order valence-electron chi connectivity index (χ2n) is 6.02. The zero-order valence-electron chi connectivity index (χ0n) is 12.2. The predicted octanol–water partition coefficient (Wildman–Crippen LogP) is 0.791. The Bertz CT molecular complexity index is 392. The van der Waals surface area contributed by atoms with E-state index in [1.165, 1.54) is 25.9 Å². The van der Waals surface area contributed by atoms with E-state index < -0.39 is 5.54 Å². The molecule has 2 rings (SSSR count). The van der Waals surface area contributed by atoms with Crippen LogP contribution in [0.4, 0.5) is 0 Å². The fraction of sp³-hybridized carbons (Fsp3) is 0.846. The van der Waals surface area contributed by atoms with Crippen LogP contribution >= 0.6 is 0 Å². The number of likely N-dealkylation sites (N-methyl/N-ethyl adjacent to an activating group) is 1. The van der Waals surface area contributed by atoms with Crippen LogP contribution in [0.3, 0.4) is 0 Å². The topological polar surface area (TPSA) is 71.4 Å². The third-order valence-electron chi connectivity index (χ3n) is 3.45. The van der Waals surface area contributed by atoms with Gasteiger partial charge in [-0.1, -0.05) is 5.16 Å². The summed E-state index contributed by atoms with van der Waals surface area (Å²) in [5.41, 5.74) is 5.39. The van der Waals surface area contributed by atoms with Gasteiger partial charge >= 0.3 is 0 Å². The van der Waals surface area contributed by atoms with E-state index in [1.807, 2.05) is 13.8 Å². The Kier molecular flexibility index (Phi) is 4.54. The summed E-state index contributed by atoms with van der Waals surface area (Å²) in [4.78, 5) is 9.05. The van der Waals surface area contributed by atoms with Crippen LogP contribution in [-0.2, 0) is 12.1 Å². The molecule has 0 saturated carbocycles. The monoisotopic (exact) mass is 267 g/mol. The fourth-order valence-electron chi connectivity index (χ4n) is 2.21. The van der Waals surface area contributed by atoms with Crippen LogP contribution in [0.1, 0.15) is 38.4 Å². The van der Waals surface area contributed by atoms with Crippen molar-refractivity contribution in [1.29, 1.82) is 0 Å². The highest BCUT2D eigenvalue weighted by molar-refractivity contribution is 4.98.